The van der Waals surface area contributed by atoms with E-state index in [2.05, 4.69) is 35.6 Å². The smallest absolute Gasteiger partial charge is 0.265 e. The maximum atomic E-state index is 6.04. The maximum Gasteiger partial charge on any atom is 0.265 e. The Morgan fingerprint density at radius 1 is 1.05 bits per heavy atom. The van der Waals surface area contributed by atoms with Crippen LogP contribution in [0.5, 0.6) is 0 Å². The van der Waals surface area contributed by atoms with Gasteiger partial charge in [-0.25, -0.2) is 4.57 Å². The van der Waals surface area contributed by atoms with Crippen LogP contribution in [0.3, 0.4) is 0 Å². The second kappa shape index (κ2) is 5.72. The quantitative estimate of drug-likeness (QED) is 0.363. The SMILES string of the molecule is CC(C)[n+]1cnn(-c2cccc3c2oc2ccccc23)c1.[I-]. The van der Waals surface area contributed by atoms with Crippen LogP contribution in [0.2, 0.25) is 0 Å². The number of nitrogens with zero attached hydrogens (tertiary/aromatic N) is 3. The molecule has 0 radical (unpaired) electrons. The van der Waals surface area contributed by atoms with Gasteiger partial charge in [-0.1, -0.05) is 35.0 Å². The molecule has 0 aliphatic rings. The summed E-state index contributed by atoms with van der Waals surface area (Å²) in [5, 5.41) is 6.70. The molecule has 112 valence electrons. The minimum atomic E-state index is 0. The van der Waals surface area contributed by atoms with Gasteiger partial charge in [0, 0.05) is 15.9 Å². The van der Waals surface area contributed by atoms with E-state index in [1.165, 1.54) is 0 Å². The van der Waals surface area contributed by atoms with Crippen molar-refractivity contribution in [3.05, 3.63) is 55.1 Å². The molecule has 2 aromatic carbocycles. The molecule has 0 bridgehead atoms. The van der Waals surface area contributed by atoms with E-state index in [9.17, 15) is 0 Å². The summed E-state index contributed by atoms with van der Waals surface area (Å²) in [7, 11) is 0. The zero-order valence-electron chi connectivity index (χ0n) is 12.4. The van der Waals surface area contributed by atoms with Gasteiger partial charge in [-0.05, 0) is 26.0 Å². The first kappa shape index (κ1) is 15.0. The minimum Gasteiger partial charge on any atom is -1.00 e. The third-order valence-electron chi connectivity index (χ3n) is 3.78. The lowest BCUT2D eigenvalue weighted by Crippen LogP contribution is -3.00. The molecule has 0 spiro atoms. The highest BCUT2D eigenvalue weighted by atomic mass is 127. The van der Waals surface area contributed by atoms with Gasteiger partial charge in [0.2, 0.25) is 6.33 Å². The fraction of sp³-hybridized carbons (Fsp3) is 0.176. The Bertz CT molecular complexity index is 939. The number of halogens is 1. The molecule has 0 fully saturated rings. The average Bonchev–Trinajstić information content (AvgIpc) is 3.11. The van der Waals surface area contributed by atoms with E-state index < -0.39 is 0 Å². The summed E-state index contributed by atoms with van der Waals surface area (Å²) in [6.45, 7) is 4.27. The number of para-hydroxylation sites is 2. The summed E-state index contributed by atoms with van der Waals surface area (Å²) in [4.78, 5) is 0. The van der Waals surface area contributed by atoms with Crippen molar-refractivity contribution in [1.29, 1.82) is 0 Å². The third kappa shape index (κ3) is 2.29. The monoisotopic (exact) mass is 405 g/mol. The Balaban J connectivity index is 0.00000144. The van der Waals surface area contributed by atoms with Crippen LogP contribution >= 0.6 is 0 Å². The molecular formula is C17H16IN3O. The molecule has 4 rings (SSSR count). The third-order valence-corrected chi connectivity index (χ3v) is 3.78. The molecule has 0 saturated heterocycles. The molecule has 4 nitrogen and oxygen atoms in total. The molecule has 0 saturated carbocycles. The molecule has 0 N–H and O–H groups in total. The second-order valence-electron chi connectivity index (χ2n) is 5.48. The van der Waals surface area contributed by atoms with Crippen LogP contribution in [0.1, 0.15) is 19.9 Å². The number of hydrogen-bond acceptors (Lipinski definition) is 2. The standard InChI is InChI=1S/C17H16N3O.HI/c1-12(2)19-10-18-20(11-19)15-8-5-7-14-13-6-3-4-9-16(13)21-17(14)15;/h3-12H,1-2H3;1H/q+1;/p-1. The van der Waals surface area contributed by atoms with Gasteiger partial charge >= 0.3 is 0 Å². The van der Waals surface area contributed by atoms with E-state index in [1.54, 1.807) is 0 Å². The number of rotatable bonds is 2. The van der Waals surface area contributed by atoms with Gasteiger partial charge in [0.15, 0.2) is 11.3 Å². The number of hydrogen-bond donors (Lipinski definition) is 0. The Morgan fingerprint density at radius 3 is 2.59 bits per heavy atom. The van der Waals surface area contributed by atoms with E-state index in [0.717, 1.165) is 27.6 Å². The number of aromatic nitrogens is 3. The highest BCUT2D eigenvalue weighted by Crippen LogP contribution is 2.31. The molecule has 0 amide bonds. The van der Waals surface area contributed by atoms with Crippen LogP contribution in [0.15, 0.2) is 59.5 Å². The zero-order chi connectivity index (χ0) is 14.4. The van der Waals surface area contributed by atoms with Gasteiger partial charge in [-0.3, -0.25) is 0 Å². The van der Waals surface area contributed by atoms with Crippen molar-refractivity contribution in [2.75, 3.05) is 0 Å². The molecule has 2 heterocycles. The maximum absolute atomic E-state index is 6.04. The van der Waals surface area contributed by atoms with Crippen molar-refractivity contribution in [2.24, 2.45) is 0 Å². The Hall–Kier alpha value is -1.89. The number of benzene rings is 2. The van der Waals surface area contributed by atoms with Crippen LogP contribution in [-0.4, -0.2) is 9.78 Å². The van der Waals surface area contributed by atoms with Crippen LogP contribution in [-0.2, 0) is 0 Å². The lowest BCUT2D eigenvalue weighted by molar-refractivity contribution is -0.716. The topological polar surface area (TPSA) is 34.8 Å². The molecule has 0 unspecified atom stereocenters. The zero-order valence-corrected chi connectivity index (χ0v) is 14.6. The summed E-state index contributed by atoms with van der Waals surface area (Å²) >= 11 is 0. The first-order valence-corrected chi connectivity index (χ1v) is 7.10. The molecule has 2 aromatic heterocycles. The Kier molecular flexibility index (Phi) is 3.90. The van der Waals surface area contributed by atoms with Gasteiger partial charge in [0.05, 0.1) is 6.04 Å². The van der Waals surface area contributed by atoms with Gasteiger partial charge in [-0.15, -0.1) is 0 Å². The minimum absolute atomic E-state index is 0. The lowest BCUT2D eigenvalue weighted by Gasteiger charge is -1.97. The van der Waals surface area contributed by atoms with E-state index in [4.69, 9.17) is 4.42 Å². The summed E-state index contributed by atoms with van der Waals surface area (Å²) in [5.41, 5.74) is 2.74. The van der Waals surface area contributed by atoms with Crippen molar-refractivity contribution < 1.29 is 33.0 Å². The summed E-state index contributed by atoms with van der Waals surface area (Å²) in [5.74, 6) is 0. The summed E-state index contributed by atoms with van der Waals surface area (Å²) in [6, 6.07) is 14.6. The van der Waals surface area contributed by atoms with Crippen molar-refractivity contribution in [1.82, 2.24) is 9.78 Å². The van der Waals surface area contributed by atoms with Crippen LogP contribution < -0.4 is 28.5 Å². The highest BCUT2D eigenvalue weighted by Gasteiger charge is 2.17. The molecule has 5 heteroatoms. The second-order valence-corrected chi connectivity index (χ2v) is 5.48. The number of fused-ring (bicyclic) bond motifs is 3. The van der Waals surface area contributed by atoms with Gasteiger partial charge < -0.3 is 28.4 Å². The summed E-state index contributed by atoms with van der Waals surface area (Å²) < 4.78 is 9.97. The predicted molar refractivity (Wildman–Crippen MR) is 81.4 cm³/mol. The van der Waals surface area contributed by atoms with Gasteiger partial charge in [-0.2, -0.15) is 0 Å². The van der Waals surface area contributed by atoms with Crippen molar-refractivity contribution in [2.45, 2.75) is 19.9 Å². The molecule has 22 heavy (non-hydrogen) atoms. The molecular weight excluding hydrogens is 389 g/mol. The molecule has 4 aromatic rings. The van der Waals surface area contributed by atoms with Gasteiger partial charge in [0.25, 0.3) is 6.33 Å². The first-order valence-electron chi connectivity index (χ1n) is 7.10. The van der Waals surface area contributed by atoms with E-state index in [0.29, 0.717) is 6.04 Å². The van der Waals surface area contributed by atoms with Gasteiger partial charge in [0.1, 0.15) is 5.58 Å². The summed E-state index contributed by atoms with van der Waals surface area (Å²) in [6.07, 6.45) is 3.83. The fourth-order valence-electron chi connectivity index (χ4n) is 2.60. The first-order chi connectivity index (χ1) is 10.2. The average molecular weight is 405 g/mol. The predicted octanol–water partition coefficient (Wildman–Crippen LogP) is 0.644. The normalized spacial score (nSPS) is 11.2. The lowest BCUT2D eigenvalue weighted by atomic mass is 10.1. The van der Waals surface area contributed by atoms with Crippen molar-refractivity contribution in [3.63, 3.8) is 0 Å². The Morgan fingerprint density at radius 2 is 1.82 bits per heavy atom. The molecule has 0 aliphatic heterocycles. The molecule has 0 aliphatic carbocycles. The van der Waals surface area contributed by atoms with Crippen LogP contribution in [0, 0.1) is 0 Å². The van der Waals surface area contributed by atoms with E-state index >= 15 is 0 Å². The van der Waals surface area contributed by atoms with Crippen molar-refractivity contribution >= 4 is 21.9 Å². The highest BCUT2D eigenvalue weighted by molar-refractivity contribution is 6.07. The van der Waals surface area contributed by atoms with Crippen LogP contribution in [0.25, 0.3) is 27.6 Å². The molecule has 0 atom stereocenters. The van der Waals surface area contributed by atoms with E-state index in [-0.39, 0.29) is 24.0 Å². The fourth-order valence-corrected chi connectivity index (χ4v) is 2.60. The van der Waals surface area contributed by atoms with Crippen molar-refractivity contribution in [3.8, 4) is 5.69 Å². The Labute approximate surface area is 145 Å². The van der Waals surface area contributed by atoms with E-state index in [1.807, 2.05) is 47.7 Å². The largest absolute Gasteiger partial charge is 1.00 e. The number of furan rings is 1. The van der Waals surface area contributed by atoms with Crippen LogP contribution in [0.4, 0.5) is 0 Å².